The predicted octanol–water partition coefficient (Wildman–Crippen LogP) is 3.51. The zero-order valence-corrected chi connectivity index (χ0v) is 11.5. The molecule has 3 rings (SSSR count). The molecule has 3 aromatic rings. The highest BCUT2D eigenvalue weighted by Crippen LogP contribution is 2.18. The molecule has 0 aliphatic heterocycles. The van der Waals surface area contributed by atoms with E-state index in [4.69, 9.17) is 4.52 Å². The average molecular weight is 283 g/mol. The lowest BCUT2D eigenvalue weighted by Gasteiger charge is -2.16. The van der Waals surface area contributed by atoms with Crippen LogP contribution in [0.15, 0.2) is 59.1 Å². The molecule has 0 amide bonds. The fourth-order valence-corrected chi connectivity index (χ4v) is 2.01. The lowest BCUT2D eigenvalue weighted by atomic mass is 10.2. The van der Waals surface area contributed by atoms with Crippen LogP contribution in [0.5, 0.6) is 0 Å². The quantitative estimate of drug-likeness (QED) is 0.734. The first kappa shape index (κ1) is 13.3. The standard InChI is InChI=1S/C16H14FN3O/c1-20(14-9-7-13(17)8-10-14)11-15-18-16(19-21-15)12-5-3-2-4-6-12/h2-10H,11H2,1H3. The fourth-order valence-electron chi connectivity index (χ4n) is 2.01. The Kier molecular flexibility index (Phi) is 3.64. The summed E-state index contributed by atoms with van der Waals surface area (Å²) >= 11 is 0. The van der Waals surface area contributed by atoms with Gasteiger partial charge in [-0.05, 0) is 24.3 Å². The summed E-state index contributed by atoms with van der Waals surface area (Å²) in [4.78, 5) is 6.29. The Morgan fingerprint density at radius 2 is 1.76 bits per heavy atom. The second-order valence-electron chi connectivity index (χ2n) is 4.71. The maximum absolute atomic E-state index is 12.9. The molecule has 4 nitrogen and oxygen atoms in total. The Labute approximate surface area is 121 Å². The van der Waals surface area contributed by atoms with Gasteiger partial charge in [0.2, 0.25) is 11.7 Å². The maximum Gasteiger partial charge on any atom is 0.246 e. The Balaban J connectivity index is 1.74. The third-order valence-corrected chi connectivity index (χ3v) is 3.14. The van der Waals surface area contributed by atoms with Crippen molar-refractivity contribution in [1.82, 2.24) is 10.1 Å². The van der Waals surface area contributed by atoms with Crippen molar-refractivity contribution in [3.63, 3.8) is 0 Å². The van der Waals surface area contributed by atoms with Crippen LogP contribution in [0.1, 0.15) is 5.89 Å². The van der Waals surface area contributed by atoms with Gasteiger partial charge in [-0.15, -0.1) is 0 Å². The summed E-state index contributed by atoms with van der Waals surface area (Å²) in [5.41, 5.74) is 1.80. The number of aromatic nitrogens is 2. The van der Waals surface area contributed by atoms with Crippen LogP contribution in [-0.2, 0) is 6.54 Å². The molecule has 2 aromatic carbocycles. The third kappa shape index (κ3) is 3.08. The molecular weight excluding hydrogens is 269 g/mol. The highest BCUT2D eigenvalue weighted by atomic mass is 19.1. The minimum Gasteiger partial charge on any atom is -0.365 e. The Morgan fingerprint density at radius 3 is 2.48 bits per heavy atom. The van der Waals surface area contributed by atoms with E-state index in [9.17, 15) is 4.39 Å². The predicted molar refractivity (Wildman–Crippen MR) is 78.2 cm³/mol. The molecule has 106 valence electrons. The first-order valence-electron chi connectivity index (χ1n) is 6.57. The topological polar surface area (TPSA) is 42.2 Å². The van der Waals surface area contributed by atoms with Gasteiger partial charge in [-0.25, -0.2) is 4.39 Å². The van der Waals surface area contributed by atoms with Gasteiger partial charge < -0.3 is 9.42 Å². The van der Waals surface area contributed by atoms with Crippen molar-refractivity contribution in [3.8, 4) is 11.4 Å². The van der Waals surface area contributed by atoms with E-state index in [0.717, 1.165) is 11.3 Å². The molecule has 0 saturated heterocycles. The second kappa shape index (κ2) is 5.75. The fraction of sp³-hybridized carbons (Fsp3) is 0.125. The molecule has 0 fully saturated rings. The third-order valence-electron chi connectivity index (χ3n) is 3.14. The van der Waals surface area contributed by atoms with Crippen molar-refractivity contribution < 1.29 is 8.91 Å². The highest BCUT2D eigenvalue weighted by molar-refractivity contribution is 5.53. The van der Waals surface area contributed by atoms with Crippen molar-refractivity contribution in [3.05, 3.63) is 66.3 Å². The summed E-state index contributed by atoms with van der Waals surface area (Å²) in [5.74, 6) is 0.829. The summed E-state index contributed by atoms with van der Waals surface area (Å²) in [7, 11) is 1.89. The lowest BCUT2D eigenvalue weighted by Crippen LogP contribution is -2.16. The first-order chi connectivity index (χ1) is 10.2. The normalized spacial score (nSPS) is 10.6. The molecule has 0 aliphatic carbocycles. The van der Waals surface area contributed by atoms with E-state index in [0.29, 0.717) is 18.3 Å². The molecule has 5 heteroatoms. The number of benzene rings is 2. The molecular formula is C16H14FN3O. The van der Waals surface area contributed by atoms with Crippen LogP contribution < -0.4 is 4.90 Å². The van der Waals surface area contributed by atoms with Crippen molar-refractivity contribution in [2.75, 3.05) is 11.9 Å². The van der Waals surface area contributed by atoms with Crippen molar-refractivity contribution >= 4 is 5.69 Å². The zero-order valence-electron chi connectivity index (χ0n) is 11.5. The van der Waals surface area contributed by atoms with Crippen LogP contribution >= 0.6 is 0 Å². The summed E-state index contributed by atoms with van der Waals surface area (Å²) in [6.07, 6.45) is 0. The van der Waals surface area contributed by atoms with Gasteiger partial charge in [-0.2, -0.15) is 4.98 Å². The number of hydrogen-bond acceptors (Lipinski definition) is 4. The van der Waals surface area contributed by atoms with Gasteiger partial charge in [0.15, 0.2) is 0 Å². The van der Waals surface area contributed by atoms with Gasteiger partial charge in [-0.3, -0.25) is 0 Å². The number of nitrogens with zero attached hydrogens (tertiary/aromatic N) is 3. The number of halogens is 1. The van der Waals surface area contributed by atoms with E-state index in [1.54, 1.807) is 12.1 Å². The van der Waals surface area contributed by atoms with Gasteiger partial charge >= 0.3 is 0 Å². The van der Waals surface area contributed by atoms with Gasteiger partial charge in [0, 0.05) is 18.3 Å². The van der Waals surface area contributed by atoms with Crippen LogP contribution in [0, 0.1) is 5.82 Å². The SMILES string of the molecule is CN(Cc1nc(-c2ccccc2)no1)c1ccc(F)cc1. The van der Waals surface area contributed by atoms with E-state index >= 15 is 0 Å². The summed E-state index contributed by atoms with van der Waals surface area (Å²) in [6.45, 7) is 0.464. The van der Waals surface area contributed by atoms with Gasteiger partial charge in [0.05, 0.1) is 6.54 Å². The number of hydrogen-bond donors (Lipinski definition) is 0. The van der Waals surface area contributed by atoms with Gasteiger partial charge in [0.1, 0.15) is 5.82 Å². The molecule has 0 saturated carbocycles. The van der Waals surface area contributed by atoms with E-state index in [1.165, 1.54) is 12.1 Å². The summed E-state index contributed by atoms with van der Waals surface area (Å²) in [6, 6.07) is 15.9. The van der Waals surface area contributed by atoms with E-state index < -0.39 is 0 Å². The molecule has 0 atom stereocenters. The largest absolute Gasteiger partial charge is 0.365 e. The molecule has 0 aliphatic rings. The van der Waals surface area contributed by atoms with E-state index in [1.807, 2.05) is 42.3 Å². The number of rotatable bonds is 4. The molecule has 0 N–H and O–H groups in total. The Morgan fingerprint density at radius 1 is 1.05 bits per heavy atom. The summed E-state index contributed by atoms with van der Waals surface area (Å²) < 4.78 is 18.2. The molecule has 0 unspecified atom stereocenters. The van der Waals surface area contributed by atoms with Gasteiger partial charge in [0.25, 0.3) is 0 Å². The molecule has 0 spiro atoms. The van der Waals surface area contributed by atoms with Crippen molar-refractivity contribution in [1.29, 1.82) is 0 Å². The van der Waals surface area contributed by atoms with Crippen LogP contribution in [0.25, 0.3) is 11.4 Å². The van der Waals surface area contributed by atoms with Crippen LogP contribution in [0.2, 0.25) is 0 Å². The maximum atomic E-state index is 12.9. The first-order valence-corrected chi connectivity index (χ1v) is 6.57. The molecule has 0 radical (unpaired) electrons. The minimum atomic E-state index is -0.253. The number of anilines is 1. The smallest absolute Gasteiger partial charge is 0.246 e. The zero-order chi connectivity index (χ0) is 14.7. The van der Waals surface area contributed by atoms with Gasteiger partial charge in [-0.1, -0.05) is 35.5 Å². The lowest BCUT2D eigenvalue weighted by molar-refractivity contribution is 0.378. The molecule has 0 bridgehead atoms. The van der Waals surface area contributed by atoms with Crippen LogP contribution in [0.3, 0.4) is 0 Å². The molecule has 21 heavy (non-hydrogen) atoms. The minimum absolute atomic E-state index is 0.253. The van der Waals surface area contributed by atoms with Crippen LogP contribution in [0.4, 0.5) is 10.1 Å². The second-order valence-corrected chi connectivity index (χ2v) is 4.71. The average Bonchev–Trinajstić information content (AvgIpc) is 2.97. The summed E-state index contributed by atoms with van der Waals surface area (Å²) in [5, 5.41) is 3.97. The van der Waals surface area contributed by atoms with Crippen molar-refractivity contribution in [2.45, 2.75) is 6.54 Å². The molecule has 1 heterocycles. The van der Waals surface area contributed by atoms with E-state index in [-0.39, 0.29) is 5.82 Å². The Bertz CT molecular complexity index is 710. The Hall–Kier alpha value is -2.69. The van der Waals surface area contributed by atoms with Crippen LogP contribution in [-0.4, -0.2) is 17.2 Å². The monoisotopic (exact) mass is 283 g/mol. The van der Waals surface area contributed by atoms with Crippen molar-refractivity contribution in [2.24, 2.45) is 0 Å². The van der Waals surface area contributed by atoms with E-state index in [2.05, 4.69) is 10.1 Å². The highest BCUT2D eigenvalue weighted by Gasteiger charge is 2.11. The molecule has 1 aromatic heterocycles.